The summed E-state index contributed by atoms with van der Waals surface area (Å²) in [4.78, 5) is 21.8. The highest BCUT2D eigenvalue weighted by molar-refractivity contribution is 5.76. The lowest BCUT2D eigenvalue weighted by Crippen LogP contribution is -2.45. The van der Waals surface area contributed by atoms with Gasteiger partial charge in [0, 0.05) is 18.9 Å². The maximum atomic E-state index is 11.5. The Balaban J connectivity index is 2.05. The number of rotatable bonds is 7. The SMILES string of the molecule is CC(CCCC(=O)O)NC(=O)CC1CNC1. The van der Waals surface area contributed by atoms with Crippen LogP contribution in [0.1, 0.15) is 32.6 Å². The monoisotopic (exact) mass is 228 g/mol. The Hall–Kier alpha value is -1.10. The number of carboxylic acids is 1. The van der Waals surface area contributed by atoms with Crippen molar-refractivity contribution in [2.24, 2.45) is 5.92 Å². The van der Waals surface area contributed by atoms with E-state index in [4.69, 9.17) is 5.11 Å². The lowest BCUT2D eigenvalue weighted by molar-refractivity contribution is -0.137. The van der Waals surface area contributed by atoms with Gasteiger partial charge in [-0.15, -0.1) is 0 Å². The average Bonchev–Trinajstić information content (AvgIpc) is 2.10. The summed E-state index contributed by atoms with van der Waals surface area (Å²) in [5.74, 6) is -0.223. The Morgan fingerprint density at radius 2 is 2.19 bits per heavy atom. The van der Waals surface area contributed by atoms with Crippen LogP contribution in [0.25, 0.3) is 0 Å². The fourth-order valence-electron chi connectivity index (χ4n) is 1.72. The van der Waals surface area contributed by atoms with Crippen molar-refractivity contribution in [1.29, 1.82) is 0 Å². The molecule has 92 valence electrons. The van der Waals surface area contributed by atoms with Crippen molar-refractivity contribution in [3.8, 4) is 0 Å². The van der Waals surface area contributed by atoms with Crippen molar-refractivity contribution >= 4 is 11.9 Å². The van der Waals surface area contributed by atoms with Gasteiger partial charge in [0.1, 0.15) is 0 Å². The van der Waals surface area contributed by atoms with E-state index in [9.17, 15) is 9.59 Å². The van der Waals surface area contributed by atoms with Crippen LogP contribution in [0.5, 0.6) is 0 Å². The normalized spacial score (nSPS) is 17.6. The van der Waals surface area contributed by atoms with Gasteiger partial charge in [0.2, 0.25) is 5.91 Å². The molecular weight excluding hydrogens is 208 g/mol. The van der Waals surface area contributed by atoms with E-state index in [0.29, 0.717) is 18.8 Å². The molecule has 0 aliphatic carbocycles. The Bertz CT molecular complexity index is 252. The summed E-state index contributed by atoms with van der Waals surface area (Å²) in [7, 11) is 0. The molecule has 0 spiro atoms. The van der Waals surface area contributed by atoms with E-state index < -0.39 is 5.97 Å². The molecule has 0 aromatic heterocycles. The molecule has 1 aliphatic heterocycles. The molecule has 3 N–H and O–H groups in total. The molecule has 16 heavy (non-hydrogen) atoms. The van der Waals surface area contributed by atoms with E-state index in [2.05, 4.69) is 10.6 Å². The molecule has 0 aromatic rings. The van der Waals surface area contributed by atoms with Gasteiger partial charge in [-0.05, 0) is 38.8 Å². The minimum atomic E-state index is -0.779. The van der Waals surface area contributed by atoms with Crippen LogP contribution in [0.2, 0.25) is 0 Å². The van der Waals surface area contributed by atoms with Gasteiger partial charge in [-0.3, -0.25) is 9.59 Å². The fourth-order valence-corrected chi connectivity index (χ4v) is 1.72. The van der Waals surface area contributed by atoms with Crippen LogP contribution in [-0.2, 0) is 9.59 Å². The lowest BCUT2D eigenvalue weighted by Gasteiger charge is -2.27. The second-order valence-electron chi connectivity index (χ2n) is 4.48. The Kier molecular flexibility index (Phi) is 5.25. The predicted octanol–water partition coefficient (Wildman–Crippen LogP) is 0.356. The summed E-state index contributed by atoms with van der Waals surface area (Å²) in [5, 5.41) is 14.5. The molecule has 1 heterocycles. The number of hydrogen-bond acceptors (Lipinski definition) is 3. The van der Waals surface area contributed by atoms with Crippen LogP contribution in [0, 0.1) is 5.92 Å². The van der Waals surface area contributed by atoms with Gasteiger partial charge in [-0.1, -0.05) is 0 Å². The molecule has 1 saturated heterocycles. The van der Waals surface area contributed by atoms with Gasteiger partial charge < -0.3 is 15.7 Å². The second kappa shape index (κ2) is 6.48. The smallest absolute Gasteiger partial charge is 0.303 e. The highest BCUT2D eigenvalue weighted by Crippen LogP contribution is 2.08. The Morgan fingerprint density at radius 3 is 2.69 bits per heavy atom. The van der Waals surface area contributed by atoms with E-state index in [1.54, 1.807) is 0 Å². The number of hydrogen-bond donors (Lipinski definition) is 3. The summed E-state index contributed by atoms with van der Waals surface area (Å²) >= 11 is 0. The number of amides is 1. The molecule has 1 unspecified atom stereocenters. The number of nitrogens with one attached hydrogen (secondary N) is 2. The molecule has 1 aliphatic rings. The van der Waals surface area contributed by atoms with Gasteiger partial charge in [0.25, 0.3) is 0 Å². The third-order valence-electron chi connectivity index (χ3n) is 2.78. The summed E-state index contributed by atoms with van der Waals surface area (Å²) in [6, 6.07) is 0.0693. The zero-order chi connectivity index (χ0) is 12.0. The van der Waals surface area contributed by atoms with E-state index in [-0.39, 0.29) is 18.4 Å². The van der Waals surface area contributed by atoms with Crippen LogP contribution >= 0.6 is 0 Å². The van der Waals surface area contributed by atoms with Crippen LogP contribution < -0.4 is 10.6 Å². The molecule has 1 fully saturated rings. The second-order valence-corrected chi connectivity index (χ2v) is 4.48. The molecule has 0 aromatic carbocycles. The first-order valence-electron chi connectivity index (χ1n) is 5.80. The minimum absolute atomic E-state index is 0.0693. The average molecular weight is 228 g/mol. The quantitative estimate of drug-likeness (QED) is 0.587. The third kappa shape index (κ3) is 5.11. The summed E-state index contributed by atoms with van der Waals surface area (Å²) < 4.78 is 0. The summed E-state index contributed by atoms with van der Waals surface area (Å²) in [6.07, 6.45) is 2.09. The van der Waals surface area contributed by atoms with E-state index >= 15 is 0 Å². The molecule has 0 bridgehead atoms. The molecule has 5 nitrogen and oxygen atoms in total. The van der Waals surface area contributed by atoms with E-state index in [1.807, 2.05) is 6.92 Å². The molecule has 5 heteroatoms. The number of carboxylic acid groups (broad SMARTS) is 1. The van der Waals surface area contributed by atoms with Gasteiger partial charge >= 0.3 is 5.97 Å². The Morgan fingerprint density at radius 1 is 1.50 bits per heavy atom. The number of carbonyl (C=O) groups excluding carboxylic acids is 1. The first-order chi connectivity index (χ1) is 7.58. The first-order valence-corrected chi connectivity index (χ1v) is 5.80. The summed E-state index contributed by atoms with van der Waals surface area (Å²) in [6.45, 7) is 3.78. The number of aliphatic carboxylic acids is 1. The van der Waals surface area contributed by atoms with E-state index in [1.165, 1.54) is 0 Å². The van der Waals surface area contributed by atoms with Gasteiger partial charge in [-0.2, -0.15) is 0 Å². The van der Waals surface area contributed by atoms with Crippen molar-refractivity contribution in [1.82, 2.24) is 10.6 Å². The van der Waals surface area contributed by atoms with Gasteiger partial charge in [-0.25, -0.2) is 0 Å². The highest BCUT2D eigenvalue weighted by atomic mass is 16.4. The van der Waals surface area contributed by atoms with Crippen LogP contribution in [0.3, 0.4) is 0 Å². The van der Waals surface area contributed by atoms with E-state index in [0.717, 1.165) is 19.5 Å². The molecule has 1 atom stereocenters. The van der Waals surface area contributed by atoms with Gasteiger partial charge in [0.15, 0.2) is 0 Å². The molecule has 0 radical (unpaired) electrons. The predicted molar refractivity (Wildman–Crippen MR) is 60.1 cm³/mol. The van der Waals surface area contributed by atoms with Crippen molar-refractivity contribution in [2.75, 3.05) is 13.1 Å². The molecular formula is C11H20N2O3. The molecule has 1 amide bonds. The first kappa shape index (κ1) is 13.0. The van der Waals surface area contributed by atoms with Crippen molar-refractivity contribution in [2.45, 2.75) is 38.6 Å². The highest BCUT2D eigenvalue weighted by Gasteiger charge is 2.20. The maximum absolute atomic E-state index is 11.5. The van der Waals surface area contributed by atoms with Crippen molar-refractivity contribution in [3.63, 3.8) is 0 Å². The Labute approximate surface area is 95.6 Å². The maximum Gasteiger partial charge on any atom is 0.303 e. The number of carbonyl (C=O) groups is 2. The van der Waals surface area contributed by atoms with Crippen LogP contribution in [0.4, 0.5) is 0 Å². The topological polar surface area (TPSA) is 78.4 Å². The standard InChI is InChI=1S/C11H20N2O3/c1-8(3-2-4-11(15)16)13-10(14)5-9-6-12-7-9/h8-9,12H,2-7H2,1H3,(H,13,14)(H,15,16). The van der Waals surface area contributed by atoms with Crippen molar-refractivity contribution < 1.29 is 14.7 Å². The zero-order valence-electron chi connectivity index (χ0n) is 9.66. The van der Waals surface area contributed by atoms with Gasteiger partial charge in [0.05, 0.1) is 0 Å². The van der Waals surface area contributed by atoms with Crippen LogP contribution in [0.15, 0.2) is 0 Å². The van der Waals surface area contributed by atoms with Crippen LogP contribution in [-0.4, -0.2) is 36.1 Å². The largest absolute Gasteiger partial charge is 0.481 e. The van der Waals surface area contributed by atoms with Crippen molar-refractivity contribution in [3.05, 3.63) is 0 Å². The minimum Gasteiger partial charge on any atom is -0.481 e. The third-order valence-corrected chi connectivity index (χ3v) is 2.78. The zero-order valence-corrected chi connectivity index (χ0v) is 9.66. The molecule has 0 saturated carbocycles. The molecule has 1 rings (SSSR count). The fraction of sp³-hybridized carbons (Fsp3) is 0.818. The summed E-state index contributed by atoms with van der Waals surface area (Å²) in [5.41, 5.74) is 0. The lowest BCUT2D eigenvalue weighted by atomic mass is 9.99.